The molecule has 18 heavy (non-hydrogen) atoms. The zero-order valence-corrected chi connectivity index (χ0v) is 10.1. The van der Waals surface area contributed by atoms with Crippen LogP contribution < -0.4 is 4.74 Å². The lowest BCUT2D eigenvalue weighted by molar-refractivity contribution is 0.415. The van der Waals surface area contributed by atoms with Crippen LogP contribution in [-0.2, 0) is 0 Å². The highest BCUT2D eigenvalue weighted by molar-refractivity contribution is 5.96. The van der Waals surface area contributed by atoms with Crippen molar-refractivity contribution in [3.63, 3.8) is 0 Å². The Morgan fingerprint density at radius 3 is 2.67 bits per heavy atom. The SMILES string of the molecule is COc1ccc2c(-c3ccccn3)cccc2c1. The molecule has 1 aromatic heterocycles. The standard InChI is InChI=1S/C16H13NO/c1-18-13-8-9-14-12(11-13)5-4-6-15(14)16-7-2-3-10-17-16/h2-11H,1H3. The van der Waals surface area contributed by atoms with E-state index in [1.54, 1.807) is 7.11 Å². The van der Waals surface area contributed by atoms with Gasteiger partial charge in [0.05, 0.1) is 12.8 Å². The lowest BCUT2D eigenvalue weighted by Gasteiger charge is -2.07. The van der Waals surface area contributed by atoms with Gasteiger partial charge in [-0.15, -0.1) is 0 Å². The molecule has 0 fully saturated rings. The third kappa shape index (κ3) is 1.82. The third-order valence-corrected chi connectivity index (χ3v) is 3.03. The predicted molar refractivity (Wildman–Crippen MR) is 73.7 cm³/mol. The van der Waals surface area contributed by atoms with E-state index in [9.17, 15) is 0 Å². The molecule has 0 saturated carbocycles. The van der Waals surface area contributed by atoms with Crippen LogP contribution >= 0.6 is 0 Å². The number of hydrogen-bond donors (Lipinski definition) is 0. The van der Waals surface area contributed by atoms with Gasteiger partial charge in [-0.2, -0.15) is 0 Å². The van der Waals surface area contributed by atoms with Crippen LogP contribution in [0.15, 0.2) is 60.8 Å². The highest BCUT2D eigenvalue weighted by Gasteiger charge is 2.04. The predicted octanol–water partition coefficient (Wildman–Crippen LogP) is 3.91. The largest absolute Gasteiger partial charge is 0.497 e. The number of pyridine rings is 1. The molecule has 2 nitrogen and oxygen atoms in total. The van der Waals surface area contributed by atoms with Gasteiger partial charge in [0.2, 0.25) is 0 Å². The Labute approximate surface area is 106 Å². The van der Waals surface area contributed by atoms with Crippen molar-refractivity contribution in [2.45, 2.75) is 0 Å². The summed E-state index contributed by atoms with van der Waals surface area (Å²) >= 11 is 0. The van der Waals surface area contributed by atoms with Crippen molar-refractivity contribution in [3.05, 3.63) is 60.8 Å². The fourth-order valence-corrected chi connectivity index (χ4v) is 2.13. The van der Waals surface area contributed by atoms with Gasteiger partial charge in [0, 0.05) is 11.8 Å². The summed E-state index contributed by atoms with van der Waals surface area (Å²) in [6, 6.07) is 18.3. The second kappa shape index (κ2) is 4.49. The second-order valence-corrected chi connectivity index (χ2v) is 4.11. The first-order chi connectivity index (χ1) is 8.88. The summed E-state index contributed by atoms with van der Waals surface area (Å²) in [6.45, 7) is 0. The molecular formula is C16H13NO. The molecule has 88 valence electrons. The van der Waals surface area contributed by atoms with E-state index < -0.39 is 0 Å². The number of benzene rings is 2. The normalized spacial score (nSPS) is 10.5. The first-order valence-electron chi connectivity index (χ1n) is 5.86. The topological polar surface area (TPSA) is 22.1 Å². The average Bonchev–Trinajstić information content (AvgIpc) is 2.47. The lowest BCUT2D eigenvalue weighted by Crippen LogP contribution is -1.86. The zero-order valence-electron chi connectivity index (χ0n) is 10.1. The molecule has 0 aliphatic heterocycles. The number of fused-ring (bicyclic) bond motifs is 1. The Balaban J connectivity index is 2.25. The van der Waals surface area contributed by atoms with Crippen LogP contribution in [0.2, 0.25) is 0 Å². The van der Waals surface area contributed by atoms with Crippen LogP contribution in [0.1, 0.15) is 0 Å². The maximum atomic E-state index is 5.25. The molecule has 0 aliphatic rings. The smallest absolute Gasteiger partial charge is 0.119 e. The summed E-state index contributed by atoms with van der Waals surface area (Å²) in [5.74, 6) is 0.876. The molecule has 0 radical (unpaired) electrons. The van der Waals surface area contributed by atoms with E-state index in [0.717, 1.165) is 22.4 Å². The molecule has 2 aromatic carbocycles. The van der Waals surface area contributed by atoms with Crippen LogP contribution in [0.25, 0.3) is 22.0 Å². The van der Waals surface area contributed by atoms with E-state index in [-0.39, 0.29) is 0 Å². The van der Waals surface area contributed by atoms with Crippen LogP contribution in [0, 0.1) is 0 Å². The Morgan fingerprint density at radius 1 is 0.944 bits per heavy atom. The molecule has 1 heterocycles. The van der Waals surface area contributed by atoms with Gasteiger partial charge in [-0.25, -0.2) is 0 Å². The first kappa shape index (κ1) is 10.8. The van der Waals surface area contributed by atoms with Gasteiger partial charge < -0.3 is 4.74 Å². The maximum Gasteiger partial charge on any atom is 0.119 e. The van der Waals surface area contributed by atoms with Crippen molar-refractivity contribution in [1.82, 2.24) is 4.98 Å². The zero-order chi connectivity index (χ0) is 12.4. The highest BCUT2D eigenvalue weighted by atomic mass is 16.5. The molecule has 0 spiro atoms. The van der Waals surface area contributed by atoms with Gasteiger partial charge >= 0.3 is 0 Å². The van der Waals surface area contributed by atoms with Crippen molar-refractivity contribution >= 4 is 10.8 Å². The molecule has 0 N–H and O–H groups in total. The molecule has 0 atom stereocenters. The Hall–Kier alpha value is -2.35. The quantitative estimate of drug-likeness (QED) is 0.671. The van der Waals surface area contributed by atoms with E-state index in [1.807, 2.05) is 42.6 Å². The summed E-state index contributed by atoms with van der Waals surface area (Å²) < 4.78 is 5.25. The van der Waals surface area contributed by atoms with E-state index in [2.05, 4.69) is 23.2 Å². The van der Waals surface area contributed by atoms with Gasteiger partial charge in [-0.1, -0.05) is 30.3 Å². The molecule has 0 saturated heterocycles. The van der Waals surface area contributed by atoms with Gasteiger partial charge in [0.1, 0.15) is 5.75 Å². The van der Waals surface area contributed by atoms with Crippen molar-refractivity contribution in [2.75, 3.05) is 7.11 Å². The lowest BCUT2D eigenvalue weighted by atomic mass is 10.0. The number of methoxy groups -OCH3 is 1. The second-order valence-electron chi connectivity index (χ2n) is 4.11. The molecule has 0 bridgehead atoms. The number of ether oxygens (including phenoxy) is 1. The molecule has 3 aromatic rings. The summed E-state index contributed by atoms with van der Waals surface area (Å²) in [7, 11) is 1.68. The van der Waals surface area contributed by atoms with E-state index >= 15 is 0 Å². The summed E-state index contributed by atoms with van der Waals surface area (Å²) in [5, 5.41) is 2.36. The Bertz CT molecular complexity index is 677. The minimum atomic E-state index is 0.876. The third-order valence-electron chi connectivity index (χ3n) is 3.03. The van der Waals surface area contributed by atoms with Gasteiger partial charge in [-0.05, 0) is 35.0 Å². The monoisotopic (exact) mass is 235 g/mol. The average molecular weight is 235 g/mol. The number of hydrogen-bond acceptors (Lipinski definition) is 2. The maximum absolute atomic E-state index is 5.25. The van der Waals surface area contributed by atoms with Gasteiger partial charge in [0.25, 0.3) is 0 Å². The first-order valence-corrected chi connectivity index (χ1v) is 5.86. The number of aromatic nitrogens is 1. The molecule has 0 aliphatic carbocycles. The molecule has 0 unspecified atom stereocenters. The molecule has 2 heteroatoms. The fraction of sp³-hybridized carbons (Fsp3) is 0.0625. The summed E-state index contributed by atoms with van der Waals surface area (Å²) in [4.78, 5) is 4.41. The fourth-order valence-electron chi connectivity index (χ4n) is 2.13. The number of rotatable bonds is 2. The van der Waals surface area contributed by atoms with Crippen molar-refractivity contribution < 1.29 is 4.74 Å². The molecule has 3 rings (SSSR count). The van der Waals surface area contributed by atoms with E-state index in [1.165, 1.54) is 5.39 Å². The van der Waals surface area contributed by atoms with E-state index in [0.29, 0.717) is 0 Å². The van der Waals surface area contributed by atoms with Crippen LogP contribution in [0.3, 0.4) is 0 Å². The summed E-state index contributed by atoms with van der Waals surface area (Å²) in [6.07, 6.45) is 1.82. The van der Waals surface area contributed by atoms with E-state index in [4.69, 9.17) is 4.74 Å². The van der Waals surface area contributed by atoms with Crippen molar-refractivity contribution in [1.29, 1.82) is 0 Å². The highest BCUT2D eigenvalue weighted by Crippen LogP contribution is 2.29. The Morgan fingerprint density at radius 2 is 1.89 bits per heavy atom. The van der Waals surface area contributed by atoms with Gasteiger partial charge in [0.15, 0.2) is 0 Å². The van der Waals surface area contributed by atoms with Crippen LogP contribution in [0.5, 0.6) is 5.75 Å². The minimum Gasteiger partial charge on any atom is -0.497 e. The molecule has 0 amide bonds. The minimum absolute atomic E-state index is 0.876. The summed E-state index contributed by atoms with van der Waals surface area (Å²) in [5.41, 5.74) is 2.14. The number of nitrogens with zero attached hydrogens (tertiary/aromatic N) is 1. The van der Waals surface area contributed by atoms with Crippen LogP contribution in [0.4, 0.5) is 0 Å². The Kier molecular flexibility index (Phi) is 2.69. The van der Waals surface area contributed by atoms with Crippen molar-refractivity contribution in [3.8, 4) is 17.0 Å². The van der Waals surface area contributed by atoms with Crippen molar-refractivity contribution in [2.24, 2.45) is 0 Å². The molecular weight excluding hydrogens is 222 g/mol. The van der Waals surface area contributed by atoms with Gasteiger partial charge in [-0.3, -0.25) is 4.98 Å². The van der Waals surface area contributed by atoms with Crippen LogP contribution in [-0.4, -0.2) is 12.1 Å².